The molecule has 0 aliphatic carbocycles. The first-order valence-corrected chi connectivity index (χ1v) is 9.39. The van der Waals surface area contributed by atoms with Gasteiger partial charge >= 0.3 is 0 Å². The Kier molecular flexibility index (Phi) is 5.35. The zero-order valence-corrected chi connectivity index (χ0v) is 16.0. The molecule has 1 unspecified atom stereocenters. The number of halogens is 1. The zero-order valence-electron chi connectivity index (χ0n) is 14.4. The van der Waals surface area contributed by atoms with E-state index in [2.05, 4.69) is 42.2 Å². The van der Waals surface area contributed by atoms with Gasteiger partial charge in [0.1, 0.15) is 0 Å². The molecule has 0 bridgehead atoms. The minimum atomic E-state index is 0.0338. The van der Waals surface area contributed by atoms with Gasteiger partial charge in [-0.1, -0.05) is 40.5 Å². The summed E-state index contributed by atoms with van der Waals surface area (Å²) < 4.78 is 5.25. The lowest BCUT2D eigenvalue weighted by molar-refractivity contribution is 0.387. The van der Waals surface area contributed by atoms with Gasteiger partial charge < -0.3 is 10.3 Å². The molecule has 0 spiro atoms. The highest BCUT2D eigenvalue weighted by molar-refractivity contribution is 7.98. The number of nitrogens with two attached hydrogens (primary N) is 1. The molecular weight excluding hydrogens is 354 g/mol. The molecule has 25 heavy (non-hydrogen) atoms. The average molecular weight is 374 g/mol. The monoisotopic (exact) mass is 373 g/mol. The number of hydrogen-bond acceptors (Lipinski definition) is 5. The molecule has 3 rings (SSSR count). The van der Waals surface area contributed by atoms with E-state index in [-0.39, 0.29) is 5.25 Å². The van der Waals surface area contributed by atoms with Crippen LogP contribution in [0, 0.1) is 20.8 Å². The van der Waals surface area contributed by atoms with Crippen LogP contribution in [0.3, 0.4) is 0 Å². The van der Waals surface area contributed by atoms with Gasteiger partial charge in [-0.25, -0.2) is 0 Å². The van der Waals surface area contributed by atoms with Crippen LogP contribution in [0.15, 0.2) is 40.9 Å². The number of anilines is 1. The molecule has 0 amide bonds. The van der Waals surface area contributed by atoms with Crippen LogP contribution < -0.4 is 5.73 Å². The molecule has 3 aromatic rings. The SMILES string of the molecule is Cc1ccc(C(SCc2nc(C)no2)c2cc(Cl)ccc2N)c(C)c1. The number of rotatable bonds is 5. The Morgan fingerprint density at radius 2 is 1.92 bits per heavy atom. The van der Waals surface area contributed by atoms with Gasteiger partial charge in [0.15, 0.2) is 5.82 Å². The Labute approximate surface area is 156 Å². The number of thioether (sulfide) groups is 1. The van der Waals surface area contributed by atoms with E-state index in [4.69, 9.17) is 21.9 Å². The molecule has 0 fully saturated rings. The molecule has 6 heteroatoms. The van der Waals surface area contributed by atoms with Crippen molar-refractivity contribution in [3.63, 3.8) is 0 Å². The smallest absolute Gasteiger partial charge is 0.236 e. The van der Waals surface area contributed by atoms with E-state index in [0.717, 1.165) is 11.3 Å². The number of hydrogen-bond donors (Lipinski definition) is 1. The highest BCUT2D eigenvalue weighted by atomic mass is 35.5. The second kappa shape index (κ2) is 7.50. The summed E-state index contributed by atoms with van der Waals surface area (Å²) in [6, 6.07) is 12.1. The Balaban J connectivity index is 1.99. The standard InChI is InChI=1S/C19H20ClN3OS/c1-11-4-6-15(12(2)8-11)19(16-9-14(20)5-7-17(16)21)25-10-18-22-13(3)23-24-18/h4-9,19H,10,21H2,1-3H3. The summed E-state index contributed by atoms with van der Waals surface area (Å²) in [5.74, 6) is 1.85. The number of aromatic nitrogens is 2. The molecule has 0 saturated carbocycles. The Bertz CT molecular complexity index is 894. The summed E-state index contributed by atoms with van der Waals surface area (Å²) >= 11 is 7.93. The molecule has 1 atom stereocenters. The van der Waals surface area contributed by atoms with Crippen molar-refractivity contribution in [2.24, 2.45) is 0 Å². The third-order valence-corrected chi connectivity index (χ3v) is 5.47. The fraction of sp³-hybridized carbons (Fsp3) is 0.263. The summed E-state index contributed by atoms with van der Waals surface area (Å²) in [6.07, 6.45) is 0. The molecule has 1 aromatic heterocycles. The predicted octanol–water partition coefficient (Wildman–Crippen LogP) is 5.25. The summed E-state index contributed by atoms with van der Waals surface area (Å²) in [5, 5.41) is 4.56. The third kappa shape index (κ3) is 4.17. The quantitative estimate of drug-likeness (QED) is 0.618. The topological polar surface area (TPSA) is 64.9 Å². The Morgan fingerprint density at radius 3 is 2.60 bits per heavy atom. The van der Waals surface area contributed by atoms with Gasteiger partial charge in [0.2, 0.25) is 5.89 Å². The van der Waals surface area contributed by atoms with E-state index in [0.29, 0.717) is 22.5 Å². The largest absolute Gasteiger partial charge is 0.398 e. The predicted molar refractivity (Wildman–Crippen MR) is 104 cm³/mol. The van der Waals surface area contributed by atoms with E-state index in [1.807, 2.05) is 25.1 Å². The molecule has 2 aromatic carbocycles. The number of aryl methyl sites for hydroxylation is 3. The highest BCUT2D eigenvalue weighted by Gasteiger charge is 2.21. The van der Waals surface area contributed by atoms with Crippen LogP contribution in [-0.4, -0.2) is 10.1 Å². The normalized spacial score (nSPS) is 12.3. The number of nitrogens with zero attached hydrogens (tertiary/aromatic N) is 2. The van der Waals surface area contributed by atoms with Crippen molar-refractivity contribution < 1.29 is 4.52 Å². The molecule has 0 aliphatic rings. The summed E-state index contributed by atoms with van der Waals surface area (Å²) in [4.78, 5) is 4.29. The van der Waals surface area contributed by atoms with Crippen molar-refractivity contribution in [1.29, 1.82) is 0 Å². The maximum absolute atomic E-state index is 6.26. The molecule has 1 heterocycles. The summed E-state index contributed by atoms with van der Waals surface area (Å²) in [6.45, 7) is 6.02. The third-order valence-electron chi connectivity index (χ3n) is 3.98. The van der Waals surface area contributed by atoms with Gasteiger partial charge in [-0.2, -0.15) is 4.98 Å². The van der Waals surface area contributed by atoms with Crippen LogP contribution in [-0.2, 0) is 5.75 Å². The van der Waals surface area contributed by atoms with E-state index >= 15 is 0 Å². The first-order chi connectivity index (χ1) is 11.9. The van der Waals surface area contributed by atoms with Crippen LogP contribution in [0.5, 0.6) is 0 Å². The van der Waals surface area contributed by atoms with Crippen LogP contribution in [0.1, 0.15) is 39.2 Å². The second-order valence-corrected chi connectivity index (χ2v) is 7.59. The lowest BCUT2D eigenvalue weighted by Crippen LogP contribution is -2.04. The van der Waals surface area contributed by atoms with Gasteiger partial charge in [0.25, 0.3) is 0 Å². The van der Waals surface area contributed by atoms with Crippen molar-refractivity contribution in [2.75, 3.05) is 5.73 Å². The van der Waals surface area contributed by atoms with Gasteiger partial charge in [-0.05, 0) is 55.7 Å². The fourth-order valence-corrected chi connectivity index (χ4v) is 4.23. The number of nitrogen functional groups attached to an aromatic ring is 1. The van der Waals surface area contributed by atoms with E-state index in [1.54, 1.807) is 11.8 Å². The summed E-state index contributed by atoms with van der Waals surface area (Å²) in [7, 11) is 0. The number of benzene rings is 2. The van der Waals surface area contributed by atoms with Gasteiger partial charge in [-0.15, -0.1) is 11.8 Å². The van der Waals surface area contributed by atoms with Crippen molar-refractivity contribution in [2.45, 2.75) is 31.8 Å². The second-order valence-electron chi connectivity index (χ2n) is 6.06. The zero-order chi connectivity index (χ0) is 18.0. The average Bonchev–Trinajstić information content (AvgIpc) is 2.97. The molecular formula is C19H20ClN3OS. The molecule has 4 nitrogen and oxygen atoms in total. The Morgan fingerprint density at radius 1 is 1.12 bits per heavy atom. The van der Waals surface area contributed by atoms with Crippen LogP contribution in [0.2, 0.25) is 5.02 Å². The molecule has 0 aliphatic heterocycles. The lowest BCUT2D eigenvalue weighted by atomic mass is 9.97. The van der Waals surface area contributed by atoms with Crippen molar-refractivity contribution in [3.8, 4) is 0 Å². The van der Waals surface area contributed by atoms with E-state index in [1.165, 1.54) is 16.7 Å². The van der Waals surface area contributed by atoms with Crippen LogP contribution in [0.25, 0.3) is 0 Å². The minimum absolute atomic E-state index is 0.0338. The van der Waals surface area contributed by atoms with E-state index in [9.17, 15) is 0 Å². The molecule has 0 saturated heterocycles. The van der Waals surface area contributed by atoms with Crippen molar-refractivity contribution in [3.05, 3.63) is 75.4 Å². The van der Waals surface area contributed by atoms with Gasteiger partial charge in [-0.3, -0.25) is 0 Å². The van der Waals surface area contributed by atoms with Gasteiger partial charge in [0, 0.05) is 10.7 Å². The molecule has 2 N–H and O–H groups in total. The summed E-state index contributed by atoms with van der Waals surface area (Å²) in [5.41, 5.74) is 11.6. The van der Waals surface area contributed by atoms with Crippen LogP contribution >= 0.6 is 23.4 Å². The molecule has 130 valence electrons. The van der Waals surface area contributed by atoms with Crippen molar-refractivity contribution >= 4 is 29.1 Å². The highest BCUT2D eigenvalue weighted by Crippen LogP contribution is 2.42. The lowest BCUT2D eigenvalue weighted by Gasteiger charge is -2.21. The van der Waals surface area contributed by atoms with Gasteiger partial charge in [0.05, 0.1) is 11.0 Å². The maximum Gasteiger partial charge on any atom is 0.236 e. The first kappa shape index (κ1) is 17.8. The van der Waals surface area contributed by atoms with Crippen LogP contribution in [0.4, 0.5) is 5.69 Å². The minimum Gasteiger partial charge on any atom is -0.398 e. The van der Waals surface area contributed by atoms with Crippen molar-refractivity contribution in [1.82, 2.24) is 10.1 Å². The molecule has 0 radical (unpaired) electrons. The van der Waals surface area contributed by atoms with E-state index < -0.39 is 0 Å². The Hall–Kier alpha value is -1.98. The fourth-order valence-electron chi connectivity index (χ4n) is 2.79. The first-order valence-electron chi connectivity index (χ1n) is 7.97. The maximum atomic E-state index is 6.26.